The average molecular weight is 412 g/mol. The third-order valence-corrected chi connectivity index (χ3v) is 6.36. The Morgan fingerprint density at radius 2 is 1.52 bits per heavy atom. The monoisotopic (exact) mass is 412 g/mol. The summed E-state index contributed by atoms with van der Waals surface area (Å²) in [5.74, 6) is -1.03. The van der Waals surface area contributed by atoms with Gasteiger partial charge in [0.15, 0.2) is 11.6 Å². The van der Waals surface area contributed by atoms with Crippen molar-refractivity contribution in [3.63, 3.8) is 0 Å². The van der Waals surface area contributed by atoms with E-state index in [2.05, 4.69) is 5.10 Å². The van der Waals surface area contributed by atoms with E-state index < -0.39 is 17.4 Å². The molecule has 1 spiro atoms. The highest BCUT2D eigenvalue weighted by atomic mass is 16.5. The van der Waals surface area contributed by atoms with E-state index in [0.717, 1.165) is 22.3 Å². The zero-order chi connectivity index (χ0) is 21.9. The maximum atomic E-state index is 13.2. The second-order valence-electron chi connectivity index (χ2n) is 7.86. The van der Waals surface area contributed by atoms with E-state index in [1.807, 2.05) is 48.5 Å². The van der Waals surface area contributed by atoms with E-state index in [9.17, 15) is 14.4 Å². The summed E-state index contributed by atoms with van der Waals surface area (Å²) in [5.41, 5.74) is 3.56. The second kappa shape index (κ2) is 6.60. The lowest BCUT2D eigenvalue weighted by Gasteiger charge is -2.39. The molecule has 1 atom stereocenters. The second-order valence-corrected chi connectivity index (χ2v) is 7.86. The van der Waals surface area contributed by atoms with Crippen molar-refractivity contribution >= 4 is 23.8 Å². The quantitative estimate of drug-likeness (QED) is 0.724. The van der Waals surface area contributed by atoms with Gasteiger partial charge in [-0.15, -0.1) is 0 Å². The Labute approximate surface area is 179 Å². The first-order chi connectivity index (χ1) is 14.9. The Bertz CT molecular complexity index is 1220. The summed E-state index contributed by atoms with van der Waals surface area (Å²) in [5, 5.41) is 5.98. The minimum atomic E-state index is -1.06. The van der Waals surface area contributed by atoms with Gasteiger partial charge in [0.1, 0.15) is 11.7 Å². The van der Waals surface area contributed by atoms with Crippen LogP contribution in [0.1, 0.15) is 25.0 Å². The molecule has 0 fully saturated rings. The molecule has 6 heteroatoms. The van der Waals surface area contributed by atoms with Gasteiger partial charge in [-0.2, -0.15) is 5.10 Å². The van der Waals surface area contributed by atoms with Crippen LogP contribution in [0.3, 0.4) is 0 Å². The number of benzene rings is 2. The summed E-state index contributed by atoms with van der Waals surface area (Å²) < 4.78 is 5.08. The Morgan fingerprint density at radius 1 is 0.935 bits per heavy atom. The van der Waals surface area contributed by atoms with Crippen molar-refractivity contribution in [3.05, 3.63) is 82.6 Å². The molecule has 1 unspecified atom stereocenters. The van der Waals surface area contributed by atoms with Crippen LogP contribution in [0.15, 0.2) is 76.6 Å². The first kappa shape index (κ1) is 19.2. The highest BCUT2D eigenvalue weighted by Crippen LogP contribution is 2.61. The highest BCUT2D eigenvalue weighted by Gasteiger charge is 2.63. The molecule has 0 saturated carbocycles. The standard InChI is InChI=1S/C25H20N2O4/c1-14(28)21-22(15(2)29)27-23(18(12-13-26-27)24(30)31-3)25(21)19-10-6-4-8-16(19)17-9-5-7-11-20(17)25/h4-13,23H,1-3H3. The zero-order valence-corrected chi connectivity index (χ0v) is 17.4. The molecule has 0 radical (unpaired) electrons. The Balaban J connectivity index is 1.97. The number of hydrogen-bond acceptors (Lipinski definition) is 6. The molecule has 2 aromatic rings. The lowest BCUT2D eigenvalue weighted by atomic mass is 9.65. The van der Waals surface area contributed by atoms with Crippen molar-refractivity contribution in [1.29, 1.82) is 0 Å². The van der Waals surface area contributed by atoms with E-state index in [1.165, 1.54) is 32.2 Å². The summed E-state index contributed by atoms with van der Waals surface area (Å²) >= 11 is 0. The van der Waals surface area contributed by atoms with Gasteiger partial charge in [0, 0.05) is 18.7 Å². The van der Waals surface area contributed by atoms with Gasteiger partial charge in [-0.3, -0.25) is 14.6 Å². The molecule has 1 aliphatic carbocycles. The van der Waals surface area contributed by atoms with Crippen LogP contribution in [-0.4, -0.2) is 41.9 Å². The van der Waals surface area contributed by atoms with Gasteiger partial charge >= 0.3 is 5.97 Å². The third-order valence-electron chi connectivity index (χ3n) is 6.36. The number of hydrogen-bond donors (Lipinski definition) is 0. The smallest absolute Gasteiger partial charge is 0.336 e. The lowest BCUT2D eigenvalue weighted by Crippen LogP contribution is -2.48. The molecular formula is C25H20N2O4. The highest BCUT2D eigenvalue weighted by molar-refractivity contribution is 6.11. The average Bonchev–Trinajstić information content (AvgIpc) is 3.26. The van der Waals surface area contributed by atoms with Gasteiger partial charge in [0.05, 0.1) is 18.1 Å². The minimum absolute atomic E-state index is 0.217. The molecule has 0 bridgehead atoms. The van der Waals surface area contributed by atoms with E-state index in [-0.39, 0.29) is 17.3 Å². The number of hydrazone groups is 1. The fourth-order valence-corrected chi connectivity index (χ4v) is 5.43. The molecule has 0 N–H and O–H groups in total. The van der Waals surface area contributed by atoms with Crippen LogP contribution in [0.5, 0.6) is 0 Å². The molecule has 3 aliphatic rings. The maximum absolute atomic E-state index is 13.2. The molecule has 2 aromatic carbocycles. The molecule has 5 rings (SSSR count). The summed E-state index contributed by atoms with van der Waals surface area (Å²) in [6.07, 6.45) is 3.08. The van der Waals surface area contributed by atoms with Crippen molar-refractivity contribution in [2.75, 3.05) is 7.11 Å². The van der Waals surface area contributed by atoms with Crippen LogP contribution in [0.25, 0.3) is 11.1 Å². The molecular weight excluding hydrogens is 392 g/mol. The molecule has 0 amide bonds. The number of ether oxygens (including phenoxy) is 1. The van der Waals surface area contributed by atoms with Gasteiger partial charge in [0.25, 0.3) is 0 Å². The number of rotatable bonds is 3. The predicted molar refractivity (Wildman–Crippen MR) is 115 cm³/mol. The zero-order valence-electron chi connectivity index (χ0n) is 17.4. The lowest BCUT2D eigenvalue weighted by molar-refractivity contribution is -0.137. The van der Waals surface area contributed by atoms with Crippen molar-refractivity contribution in [2.24, 2.45) is 5.10 Å². The fourth-order valence-electron chi connectivity index (χ4n) is 5.43. The molecule has 2 heterocycles. The van der Waals surface area contributed by atoms with Gasteiger partial charge in [-0.25, -0.2) is 4.79 Å². The van der Waals surface area contributed by atoms with Gasteiger partial charge in [-0.05, 0) is 35.3 Å². The largest absolute Gasteiger partial charge is 0.466 e. The van der Waals surface area contributed by atoms with Crippen molar-refractivity contribution in [3.8, 4) is 11.1 Å². The number of fused-ring (bicyclic) bond motifs is 7. The van der Waals surface area contributed by atoms with Crippen LogP contribution in [0.4, 0.5) is 0 Å². The number of nitrogens with zero attached hydrogens (tertiary/aromatic N) is 2. The predicted octanol–water partition coefficient (Wildman–Crippen LogP) is 3.17. The van der Waals surface area contributed by atoms with E-state index in [4.69, 9.17) is 4.74 Å². The molecule has 0 saturated heterocycles. The van der Waals surface area contributed by atoms with E-state index in [0.29, 0.717) is 11.1 Å². The summed E-state index contributed by atoms with van der Waals surface area (Å²) in [6.45, 7) is 2.89. The van der Waals surface area contributed by atoms with Crippen LogP contribution < -0.4 is 0 Å². The SMILES string of the molecule is COC(=O)C1=CC=NN2C(C(C)=O)=C(C(C)=O)C3(c4ccccc4-c4ccccc43)C12. The molecule has 31 heavy (non-hydrogen) atoms. The number of methoxy groups -OCH3 is 1. The Hall–Kier alpha value is -3.80. The third kappa shape index (κ3) is 2.27. The Kier molecular flexibility index (Phi) is 4.09. The molecule has 0 aromatic heterocycles. The van der Waals surface area contributed by atoms with E-state index in [1.54, 1.807) is 6.08 Å². The maximum Gasteiger partial charge on any atom is 0.336 e. The van der Waals surface area contributed by atoms with Gasteiger partial charge < -0.3 is 4.74 Å². The number of ketones is 2. The summed E-state index contributed by atoms with van der Waals surface area (Å²) in [7, 11) is 1.32. The van der Waals surface area contributed by atoms with Crippen LogP contribution in [-0.2, 0) is 24.5 Å². The molecule has 154 valence electrons. The van der Waals surface area contributed by atoms with Crippen LogP contribution in [0.2, 0.25) is 0 Å². The number of carbonyl (C=O) groups is 3. The normalized spacial score (nSPS) is 19.6. The van der Waals surface area contributed by atoms with E-state index >= 15 is 0 Å². The number of esters is 1. The van der Waals surface area contributed by atoms with Crippen molar-refractivity contribution < 1.29 is 19.1 Å². The number of Topliss-reactive ketones (excluding diaryl/α,β-unsaturated/α-hetero) is 2. The van der Waals surface area contributed by atoms with Gasteiger partial charge in [-0.1, -0.05) is 48.5 Å². The van der Waals surface area contributed by atoms with Crippen LogP contribution >= 0.6 is 0 Å². The number of carbonyl (C=O) groups excluding carboxylic acids is 3. The van der Waals surface area contributed by atoms with Crippen molar-refractivity contribution in [2.45, 2.75) is 25.3 Å². The number of allylic oxidation sites excluding steroid dienone is 2. The topological polar surface area (TPSA) is 76.0 Å². The summed E-state index contributed by atoms with van der Waals surface area (Å²) in [6, 6.07) is 14.9. The summed E-state index contributed by atoms with van der Waals surface area (Å²) in [4.78, 5) is 38.9. The molecule has 6 nitrogen and oxygen atoms in total. The Morgan fingerprint density at radius 3 is 2.03 bits per heavy atom. The van der Waals surface area contributed by atoms with Crippen molar-refractivity contribution in [1.82, 2.24) is 5.01 Å². The minimum Gasteiger partial charge on any atom is -0.466 e. The van der Waals surface area contributed by atoms with Crippen LogP contribution in [0, 0.1) is 0 Å². The first-order valence-corrected chi connectivity index (χ1v) is 10.0. The fraction of sp³-hybridized carbons (Fsp3) is 0.200. The molecule has 2 aliphatic heterocycles. The first-order valence-electron chi connectivity index (χ1n) is 10.0. The van der Waals surface area contributed by atoms with Gasteiger partial charge in [0.2, 0.25) is 0 Å².